The largest absolute Gasteiger partial charge is 0.496 e. The second-order valence-electron chi connectivity index (χ2n) is 4.61. The summed E-state index contributed by atoms with van der Waals surface area (Å²) in [5.41, 5.74) is 5.03. The van der Waals surface area contributed by atoms with Crippen molar-refractivity contribution in [2.45, 2.75) is 41.0 Å². The van der Waals surface area contributed by atoms with E-state index in [1.54, 1.807) is 31.4 Å². The first-order valence-electron chi connectivity index (χ1n) is 8.31. The summed E-state index contributed by atoms with van der Waals surface area (Å²) >= 11 is 0. The van der Waals surface area contributed by atoms with Crippen LogP contribution in [0.1, 0.15) is 50.6 Å². The van der Waals surface area contributed by atoms with Gasteiger partial charge in [-0.15, -0.1) is 0 Å². The number of carbonyl (C=O) groups excluding carboxylic acids is 1. The first kappa shape index (κ1) is 21.7. The number of ether oxygens (including phenoxy) is 1. The third kappa shape index (κ3) is 6.42. The minimum Gasteiger partial charge on any atom is -0.496 e. The Morgan fingerprint density at radius 2 is 1.79 bits per heavy atom. The number of aryl methyl sites for hydroxylation is 1. The van der Waals surface area contributed by atoms with Crippen LogP contribution in [0.25, 0.3) is 0 Å². The van der Waals surface area contributed by atoms with Crippen molar-refractivity contribution in [3.8, 4) is 5.75 Å². The van der Waals surface area contributed by atoms with Crippen LogP contribution in [0.2, 0.25) is 0 Å². The zero-order valence-corrected chi connectivity index (χ0v) is 15.5. The van der Waals surface area contributed by atoms with Gasteiger partial charge in [0.15, 0.2) is 5.78 Å². The Hall–Kier alpha value is -2.33. The van der Waals surface area contributed by atoms with Gasteiger partial charge in [-0.25, -0.2) is 0 Å². The summed E-state index contributed by atoms with van der Waals surface area (Å²) in [5.74, 6) is 0.686. The van der Waals surface area contributed by atoms with E-state index in [1.165, 1.54) is 0 Å². The second-order valence-corrected chi connectivity index (χ2v) is 4.61. The van der Waals surface area contributed by atoms with Gasteiger partial charge >= 0.3 is 0 Å². The number of rotatable bonds is 5. The second kappa shape index (κ2) is 12.1. The van der Waals surface area contributed by atoms with Crippen molar-refractivity contribution >= 4 is 11.5 Å². The summed E-state index contributed by atoms with van der Waals surface area (Å²) in [7, 11) is 1.59. The quantitative estimate of drug-likeness (QED) is 0.558. The van der Waals surface area contributed by atoms with Gasteiger partial charge in [-0.3, -0.25) is 15.5 Å². The van der Waals surface area contributed by atoms with E-state index in [0.717, 1.165) is 11.1 Å². The Labute approximate surface area is 146 Å². The van der Waals surface area contributed by atoms with Crippen molar-refractivity contribution in [3.05, 3.63) is 59.2 Å². The van der Waals surface area contributed by atoms with E-state index in [4.69, 9.17) is 9.94 Å². The van der Waals surface area contributed by atoms with E-state index < -0.39 is 0 Å². The molecule has 0 heterocycles. The van der Waals surface area contributed by atoms with E-state index in [-0.39, 0.29) is 13.6 Å². The first-order chi connectivity index (χ1) is 11.6. The molecule has 2 aromatic carbocycles. The molecule has 134 valence electrons. The number of Topliss-reactive ketones (excluding diaryl/α,β-unsaturated/α-hetero) is 1. The number of ketones is 1. The number of methoxy groups -OCH3 is 1. The molecule has 0 fully saturated rings. The maximum Gasteiger partial charge on any atom is 0.167 e. The first-order valence-corrected chi connectivity index (χ1v) is 8.31. The summed E-state index contributed by atoms with van der Waals surface area (Å²) in [6.45, 7) is 9.98. The van der Waals surface area contributed by atoms with Gasteiger partial charge in [-0.2, -0.15) is 0 Å². The molecule has 4 heteroatoms. The summed E-state index contributed by atoms with van der Waals surface area (Å²) < 4.78 is 5.28. The molecule has 0 aromatic heterocycles. The predicted molar refractivity (Wildman–Crippen MR) is 102 cm³/mol. The lowest BCUT2D eigenvalue weighted by molar-refractivity contribution is 0.0992. The number of nitrogens with one attached hydrogen (secondary N) is 1. The van der Waals surface area contributed by atoms with Crippen LogP contribution in [0.15, 0.2) is 42.5 Å². The highest BCUT2D eigenvalue weighted by atomic mass is 16.5. The summed E-state index contributed by atoms with van der Waals surface area (Å²) in [6, 6.07) is 12.5. The van der Waals surface area contributed by atoms with Crippen LogP contribution in [-0.4, -0.2) is 18.1 Å². The van der Waals surface area contributed by atoms with Crippen LogP contribution < -0.4 is 10.2 Å². The monoisotopic (exact) mass is 333 g/mol. The molecule has 0 radical (unpaired) electrons. The SMILES string of the molecule is CC.CC.COc1ccc(C)cc1CC(=O)c1cccc(NO)c1.[HH]. The number of anilines is 1. The van der Waals surface area contributed by atoms with Crippen molar-refractivity contribution in [1.82, 2.24) is 0 Å². The molecule has 24 heavy (non-hydrogen) atoms. The molecule has 0 atom stereocenters. The van der Waals surface area contributed by atoms with Crippen molar-refractivity contribution in [1.29, 1.82) is 0 Å². The molecule has 0 aliphatic carbocycles. The molecule has 0 aliphatic rings. The Bertz CT molecular complexity index is 630. The smallest absolute Gasteiger partial charge is 0.167 e. The number of hydrogen-bond acceptors (Lipinski definition) is 4. The Kier molecular flexibility index (Phi) is 11.0. The van der Waals surface area contributed by atoms with E-state index >= 15 is 0 Å². The van der Waals surface area contributed by atoms with Gasteiger partial charge in [0.25, 0.3) is 0 Å². The van der Waals surface area contributed by atoms with Crippen molar-refractivity contribution in [2.75, 3.05) is 12.6 Å². The van der Waals surface area contributed by atoms with Gasteiger partial charge < -0.3 is 4.74 Å². The normalized spacial score (nSPS) is 8.96. The van der Waals surface area contributed by atoms with Crippen LogP contribution in [0.3, 0.4) is 0 Å². The van der Waals surface area contributed by atoms with Crippen molar-refractivity contribution in [2.24, 2.45) is 0 Å². The fourth-order valence-electron chi connectivity index (χ4n) is 2.08. The molecular weight excluding hydrogens is 302 g/mol. The average molecular weight is 333 g/mol. The molecule has 4 nitrogen and oxygen atoms in total. The molecule has 2 rings (SSSR count). The molecular formula is C20H31NO3. The number of benzene rings is 2. The molecule has 2 aromatic rings. The van der Waals surface area contributed by atoms with Crippen molar-refractivity contribution in [3.63, 3.8) is 0 Å². The highest BCUT2D eigenvalue weighted by molar-refractivity contribution is 5.98. The predicted octanol–water partition coefficient (Wildman–Crippen LogP) is 5.53. The molecule has 0 bridgehead atoms. The van der Waals surface area contributed by atoms with Gasteiger partial charge in [-0.05, 0) is 25.1 Å². The summed E-state index contributed by atoms with van der Waals surface area (Å²) in [5, 5.41) is 8.87. The van der Waals surface area contributed by atoms with Gasteiger partial charge in [0.1, 0.15) is 5.75 Å². The van der Waals surface area contributed by atoms with E-state index in [1.807, 2.05) is 58.3 Å². The minimum atomic E-state index is -0.0222. The standard InChI is InChI=1S/C16H17NO3.2C2H6.H2/c1-11-6-7-16(20-2)13(8-11)10-15(18)12-4-3-5-14(9-12)17-19;2*1-2;/h3-9,17,19H,10H2,1-2H3;2*1-2H3;1H. The van der Waals surface area contributed by atoms with Crippen LogP contribution >= 0.6 is 0 Å². The molecule has 2 N–H and O–H groups in total. The summed E-state index contributed by atoms with van der Waals surface area (Å²) in [4.78, 5) is 12.3. The molecule has 0 saturated carbocycles. The Morgan fingerprint density at radius 1 is 1.12 bits per heavy atom. The van der Waals surface area contributed by atoms with Gasteiger partial charge in [0, 0.05) is 19.0 Å². The molecule has 0 unspecified atom stereocenters. The van der Waals surface area contributed by atoms with Gasteiger partial charge in [0.05, 0.1) is 12.8 Å². The van der Waals surface area contributed by atoms with Crippen LogP contribution in [-0.2, 0) is 6.42 Å². The molecule has 0 spiro atoms. The fourth-order valence-corrected chi connectivity index (χ4v) is 2.08. The van der Waals surface area contributed by atoms with Crippen molar-refractivity contribution < 1.29 is 16.2 Å². The highest BCUT2D eigenvalue weighted by Crippen LogP contribution is 2.22. The van der Waals surface area contributed by atoms with E-state index in [2.05, 4.69) is 0 Å². The maximum absolute atomic E-state index is 12.3. The third-order valence-electron chi connectivity index (χ3n) is 3.10. The van der Waals surface area contributed by atoms with E-state index in [9.17, 15) is 4.79 Å². The summed E-state index contributed by atoms with van der Waals surface area (Å²) in [6.07, 6.45) is 0.264. The highest BCUT2D eigenvalue weighted by Gasteiger charge is 2.11. The molecule has 0 amide bonds. The van der Waals surface area contributed by atoms with Crippen LogP contribution in [0.5, 0.6) is 5.75 Å². The van der Waals surface area contributed by atoms with E-state index in [0.29, 0.717) is 17.0 Å². The topological polar surface area (TPSA) is 58.6 Å². The Balaban J connectivity index is 0. The lowest BCUT2D eigenvalue weighted by Crippen LogP contribution is -2.06. The maximum atomic E-state index is 12.3. The number of hydrogen-bond donors (Lipinski definition) is 2. The average Bonchev–Trinajstić information content (AvgIpc) is 2.65. The third-order valence-corrected chi connectivity index (χ3v) is 3.10. The van der Waals surface area contributed by atoms with Crippen LogP contribution in [0.4, 0.5) is 5.69 Å². The lowest BCUT2D eigenvalue weighted by Gasteiger charge is -2.09. The Morgan fingerprint density at radius 3 is 2.38 bits per heavy atom. The van der Waals surface area contributed by atoms with Gasteiger partial charge in [-0.1, -0.05) is 57.5 Å². The van der Waals surface area contributed by atoms with Crippen LogP contribution in [0, 0.1) is 6.92 Å². The zero-order valence-electron chi connectivity index (χ0n) is 15.5. The molecule has 0 aliphatic heterocycles. The zero-order chi connectivity index (χ0) is 18.5. The number of carbonyl (C=O) groups is 1. The molecule has 0 saturated heterocycles. The van der Waals surface area contributed by atoms with Gasteiger partial charge in [0.2, 0.25) is 0 Å². The lowest BCUT2D eigenvalue weighted by atomic mass is 10.0. The minimum absolute atomic E-state index is 0. The fraction of sp³-hybridized carbons (Fsp3) is 0.350.